The molecule has 1 N–H and O–H groups in total. The van der Waals surface area contributed by atoms with Gasteiger partial charge in [0.25, 0.3) is 0 Å². The normalized spacial score (nSPS) is 35.2. The van der Waals surface area contributed by atoms with Crippen LogP contribution < -0.4 is 0 Å². The number of benzene rings is 1. The number of hydrogen-bond acceptors (Lipinski definition) is 3. The second-order valence-corrected chi connectivity index (χ2v) is 10.6. The predicted octanol–water partition coefficient (Wildman–Crippen LogP) is 5.86. The van der Waals surface area contributed by atoms with Crippen molar-refractivity contribution in [2.24, 2.45) is 29.1 Å². The number of nitrogens with zero attached hydrogens (tertiary/aromatic N) is 1. The molecule has 3 nitrogen and oxygen atoms in total. The molecule has 0 radical (unpaired) electrons. The summed E-state index contributed by atoms with van der Waals surface area (Å²) in [5.74, 6) is 4.35. The lowest BCUT2D eigenvalue weighted by Crippen LogP contribution is -2.45. The molecule has 3 aliphatic rings. The number of rotatable bonds is 8. The fourth-order valence-electron chi connectivity index (χ4n) is 7.61. The van der Waals surface area contributed by atoms with Gasteiger partial charge in [-0.2, -0.15) is 0 Å². The van der Waals surface area contributed by atoms with Gasteiger partial charge in [0, 0.05) is 13.2 Å². The van der Waals surface area contributed by atoms with E-state index < -0.39 is 0 Å². The molecule has 30 heavy (non-hydrogen) atoms. The molecule has 6 atom stereocenters. The van der Waals surface area contributed by atoms with E-state index in [-0.39, 0.29) is 0 Å². The summed E-state index contributed by atoms with van der Waals surface area (Å²) in [5, 5.41) is 9.96. The standard InChI is InChI=1S/C27H43NO2/c1-5-28(6-2)14-16-30-15-12-21-7-10-25-26-19(3)17-20-18-22(29)8-9-23(20)24(26)11-13-27(21,25)4/h8-9,18-19,21,24-26,29H,5-7,10-17H2,1-4H3/t19?,21-,24-,25+,26-,27-/m1/s1. The number of ether oxygens (including phenoxy) is 1. The molecule has 0 heterocycles. The molecule has 0 aromatic heterocycles. The smallest absolute Gasteiger partial charge is 0.115 e. The van der Waals surface area contributed by atoms with Gasteiger partial charge in [-0.3, -0.25) is 0 Å². The Labute approximate surface area is 184 Å². The Bertz CT molecular complexity index is 715. The van der Waals surface area contributed by atoms with Crippen molar-refractivity contribution in [3.05, 3.63) is 29.3 Å². The highest BCUT2D eigenvalue weighted by Gasteiger charge is 2.55. The lowest BCUT2D eigenvalue weighted by Gasteiger charge is -2.53. The summed E-state index contributed by atoms with van der Waals surface area (Å²) in [6, 6.07) is 6.17. The lowest BCUT2D eigenvalue weighted by molar-refractivity contribution is -0.00512. The molecule has 2 fully saturated rings. The van der Waals surface area contributed by atoms with Gasteiger partial charge in [0.15, 0.2) is 0 Å². The lowest BCUT2D eigenvalue weighted by atomic mass is 9.51. The Kier molecular flexibility index (Phi) is 6.79. The van der Waals surface area contributed by atoms with Crippen LogP contribution in [0.4, 0.5) is 0 Å². The molecule has 0 saturated heterocycles. The van der Waals surface area contributed by atoms with Gasteiger partial charge in [-0.15, -0.1) is 0 Å². The summed E-state index contributed by atoms with van der Waals surface area (Å²) in [6.45, 7) is 14.6. The van der Waals surface area contributed by atoms with Gasteiger partial charge in [-0.1, -0.05) is 33.8 Å². The van der Waals surface area contributed by atoms with E-state index in [0.29, 0.717) is 17.1 Å². The molecule has 0 bridgehead atoms. The number of aromatic hydroxyl groups is 1. The van der Waals surface area contributed by atoms with Crippen LogP contribution in [0.1, 0.15) is 76.8 Å². The Morgan fingerprint density at radius 1 is 1.13 bits per heavy atom. The minimum absolute atomic E-state index is 0.432. The first-order valence-corrected chi connectivity index (χ1v) is 12.6. The number of hydrogen-bond donors (Lipinski definition) is 1. The zero-order chi connectivity index (χ0) is 21.3. The number of likely N-dealkylation sites (N-methyl/N-ethyl adjacent to an activating group) is 1. The summed E-state index contributed by atoms with van der Waals surface area (Å²) in [5.41, 5.74) is 3.44. The highest BCUT2D eigenvalue weighted by atomic mass is 16.5. The molecule has 1 aromatic rings. The summed E-state index contributed by atoms with van der Waals surface area (Å²) < 4.78 is 6.07. The fraction of sp³-hybridized carbons (Fsp3) is 0.778. The third-order valence-corrected chi connectivity index (χ3v) is 9.31. The maximum absolute atomic E-state index is 9.96. The van der Waals surface area contributed by atoms with Crippen molar-refractivity contribution in [1.82, 2.24) is 4.90 Å². The van der Waals surface area contributed by atoms with Gasteiger partial charge in [-0.05, 0) is 110 Å². The van der Waals surface area contributed by atoms with Gasteiger partial charge >= 0.3 is 0 Å². The molecule has 0 amide bonds. The van der Waals surface area contributed by atoms with Crippen molar-refractivity contribution >= 4 is 0 Å². The van der Waals surface area contributed by atoms with Crippen LogP contribution in [0.15, 0.2) is 18.2 Å². The molecule has 2 saturated carbocycles. The van der Waals surface area contributed by atoms with E-state index in [0.717, 1.165) is 62.9 Å². The third-order valence-electron chi connectivity index (χ3n) is 9.31. The van der Waals surface area contributed by atoms with Crippen LogP contribution in [0.25, 0.3) is 0 Å². The molecule has 1 unspecified atom stereocenters. The van der Waals surface area contributed by atoms with Crippen LogP contribution in [-0.2, 0) is 11.2 Å². The number of fused-ring (bicyclic) bond motifs is 5. The average Bonchev–Trinajstić information content (AvgIpc) is 3.06. The summed E-state index contributed by atoms with van der Waals surface area (Å²) in [7, 11) is 0. The maximum atomic E-state index is 9.96. The van der Waals surface area contributed by atoms with Crippen LogP contribution >= 0.6 is 0 Å². The molecular weight excluding hydrogens is 370 g/mol. The number of phenolic OH excluding ortho intramolecular Hbond substituents is 1. The molecule has 168 valence electrons. The molecular formula is C27H43NO2. The Hall–Kier alpha value is -1.06. The predicted molar refractivity (Wildman–Crippen MR) is 124 cm³/mol. The van der Waals surface area contributed by atoms with Crippen LogP contribution in [0.5, 0.6) is 5.75 Å². The first kappa shape index (κ1) is 22.1. The van der Waals surface area contributed by atoms with Crippen molar-refractivity contribution in [2.45, 2.75) is 72.1 Å². The van der Waals surface area contributed by atoms with Gasteiger partial charge in [0.05, 0.1) is 6.61 Å². The van der Waals surface area contributed by atoms with E-state index in [1.807, 2.05) is 12.1 Å². The van der Waals surface area contributed by atoms with E-state index in [9.17, 15) is 5.11 Å². The SMILES string of the molecule is CCN(CC)CCOCC[C@H]1CC[C@H]2[C@@H]3C(C)Cc4cc(O)ccc4[C@H]3CC[C@]12C. The molecule has 1 aromatic carbocycles. The monoisotopic (exact) mass is 413 g/mol. The Morgan fingerprint density at radius 2 is 1.93 bits per heavy atom. The summed E-state index contributed by atoms with van der Waals surface area (Å²) in [4.78, 5) is 2.44. The van der Waals surface area contributed by atoms with E-state index in [1.165, 1.54) is 37.7 Å². The van der Waals surface area contributed by atoms with Crippen molar-refractivity contribution in [2.75, 3.05) is 32.8 Å². The van der Waals surface area contributed by atoms with Crippen LogP contribution in [0.3, 0.4) is 0 Å². The van der Waals surface area contributed by atoms with E-state index in [1.54, 1.807) is 5.56 Å². The zero-order valence-corrected chi connectivity index (χ0v) is 19.7. The van der Waals surface area contributed by atoms with Gasteiger partial charge in [0.1, 0.15) is 5.75 Å². The zero-order valence-electron chi connectivity index (χ0n) is 19.7. The molecule has 0 spiro atoms. The average molecular weight is 414 g/mol. The van der Waals surface area contributed by atoms with Crippen molar-refractivity contribution in [1.29, 1.82) is 0 Å². The first-order valence-electron chi connectivity index (χ1n) is 12.6. The minimum Gasteiger partial charge on any atom is -0.508 e. The van der Waals surface area contributed by atoms with Gasteiger partial charge in [0.2, 0.25) is 0 Å². The second kappa shape index (κ2) is 9.20. The third kappa shape index (κ3) is 4.05. The van der Waals surface area contributed by atoms with Crippen LogP contribution in [-0.4, -0.2) is 42.9 Å². The molecule has 3 aliphatic carbocycles. The Balaban J connectivity index is 1.38. The quantitative estimate of drug-likeness (QED) is 0.542. The first-order chi connectivity index (χ1) is 14.5. The van der Waals surface area contributed by atoms with Crippen molar-refractivity contribution < 1.29 is 9.84 Å². The second-order valence-electron chi connectivity index (χ2n) is 10.6. The molecule has 0 aliphatic heterocycles. The van der Waals surface area contributed by atoms with Crippen molar-refractivity contribution in [3.8, 4) is 5.75 Å². The maximum Gasteiger partial charge on any atom is 0.115 e. The van der Waals surface area contributed by atoms with E-state index in [4.69, 9.17) is 4.74 Å². The van der Waals surface area contributed by atoms with Gasteiger partial charge in [-0.25, -0.2) is 0 Å². The van der Waals surface area contributed by atoms with E-state index >= 15 is 0 Å². The van der Waals surface area contributed by atoms with Crippen molar-refractivity contribution in [3.63, 3.8) is 0 Å². The highest BCUT2D eigenvalue weighted by molar-refractivity contribution is 5.40. The van der Waals surface area contributed by atoms with Crippen LogP contribution in [0, 0.1) is 29.1 Å². The van der Waals surface area contributed by atoms with E-state index in [2.05, 4.69) is 38.7 Å². The fourth-order valence-corrected chi connectivity index (χ4v) is 7.61. The van der Waals surface area contributed by atoms with Gasteiger partial charge < -0.3 is 14.7 Å². The Morgan fingerprint density at radius 3 is 2.70 bits per heavy atom. The minimum atomic E-state index is 0.432. The molecule has 3 heteroatoms. The highest BCUT2D eigenvalue weighted by Crippen LogP contribution is 2.64. The summed E-state index contributed by atoms with van der Waals surface area (Å²) >= 11 is 0. The number of phenols is 1. The molecule has 4 rings (SSSR count). The summed E-state index contributed by atoms with van der Waals surface area (Å²) in [6.07, 6.45) is 7.84. The topological polar surface area (TPSA) is 32.7 Å². The largest absolute Gasteiger partial charge is 0.508 e. The van der Waals surface area contributed by atoms with Crippen LogP contribution in [0.2, 0.25) is 0 Å².